The van der Waals surface area contributed by atoms with Crippen LogP contribution in [-0.4, -0.2) is 16.5 Å². The Labute approximate surface area is 96.8 Å². The van der Waals surface area contributed by atoms with Gasteiger partial charge in [-0.25, -0.2) is 10.8 Å². The lowest BCUT2D eigenvalue weighted by atomic mass is 9.82. The molecule has 0 aromatic carbocycles. The molecule has 4 N–H and O–H groups in total. The van der Waals surface area contributed by atoms with Crippen molar-refractivity contribution in [1.82, 2.24) is 9.97 Å². The minimum atomic E-state index is 0.282. The average molecular weight is 223 g/mol. The monoisotopic (exact) mass is 223 g/mol. The summed E-state index contributed by atoms with van der Waals surface area (Å²) in [5.74, 6) is 7.11. The molecule has 1 aromatic rings. The van der Waals surface area contributed by atoms with Crippen LogP contribution in [0.5, 0.6) is 0 Å². The van der Waals surface area contributed by atoms with Gasteiger partial charge in [-0.3, -0.25) is 4.98 Å². The molecule has 1 rings (SSSR count). The van der Waals surface area contributed by atoms with E-state index < -0.39 is 0 Å². The molecular formula is C11H21N5. The van der Waals surface area contributed by atoms with Crippen LogP contribution in [-0.2, 0) is 0 Å². The molecule has 1 heterocycles. The number of nitrogens with two attached hydrogens (primary N) is 1. The average Bonchev–Trinajstić information content (AvgIpc) is 2.25. The van der Waals surface area contributed by atoms with E-state index in [0.29, 0.717) is 11.7 Å². The molecule has 0 saturated heterocycles. The van der Waals surface area contributed by atoms with Gasteiger partial charge in [0.05, 0.1) is 12.4 Å². The highest BCUT2D eigenvalue weighted by atomic mass is 15.3. The maximum atomic E-state index is 5.26. The number of anilines is 2. The summed E-state index contributed by atoms with van der Waals surface area (Å²) in [6.45, 7) is 9.76. The summed E-state index contributed by atoms with van der Waals surface area (Å²) in [7, 11) is 0. The van der Waals surface area contributed by atoms with E-state index in [1.54, 1.807) is 12.4 Å². The van der Waals surface area contributed by atoms with Crippen LogP contribution >= 0.6 is 0 Å². The van der Waals surface area contributed by atoms with Crippen LogP contribution in [0.25, 0.3) is 0 Å². The Kier molecular flexibility index (Phi) is 4.06. The summed E-state index contributed by atoms with van der Waals surface area (Å²) in [5, 5.41) is 3.26. The Morgan fingerprint density at radius 3 is 2.50 bits per heavy atom. The first-order valence-corrected chi connectivity index (χ1v) is 5.46. The fourth-order valence-electron chi connectivity index (χ4n) is 1.08. The molecule has 5 nitrogen and oxygen atoms in total. The Balaban J connectivity index is 2.54. The number of hydrogen-bond acceptors (Lipinski definition) is 5. The lowest BCUT2D eigenvalue weighted by Gasteiger charge is -2.27. The largest absolute Gasteiger partial charge is 0.368 e. The zero-order valence-electron chi connectivity index (χ0n) is 10.4. The van der Waals surface area contributed by atoms with Gasteiger partial charge < -0.3 is 10.7 Å². The topological polar surface area (TPSA) is 75.9 Å². The molecule has 0 aliphatic heterocycles. The molecule has 90 valence electrons. The summed E-state index contributed by atoms with van der Waals surface area (Å²) < 4.78 is 0. The standard InChI is InChI=1S/C11H21N5/c1-8(11(2,3)4)5-14-9-6-13-7-10(15-9)16-12/h6-8H,5,12H2,1-4H3,(H2,14,15,16). The van der Waals surface area contributed by atoms with Gasteiger partial charge in [0.2, 0.25) is 0 Å². The van der Waals surface area contributed by atoms with Crippen LogP contribution in [0.2, 0.25) is 0 Å². The van der Waals surface area contributed by atoms with Crippen molar-refractivity contribution >= 4 is 11.6 Å². The normalized spacial score (nSPS) is 13.3. The zero-order valence-corrected chi connectivity index (χ0v) is 10.4. The van der Waals surface area contributed by atoms with E-state index in [1.165, 1.54) is 0 Å². The summed E-state index contributed by atoms with van der Waals surface area (Å²) in [6.07, 6.45) is 3.27. The highest BCUT2D eigenvalue weighted by Crippen LogP contribution is 2.25. The molecule has 1 atom stereocenters. The Hall–Kier alpha value is -1.36. The highest BCUT2D eigenvalue weighted by Gasteiger charge is 2.19. The third kappa shape index (κ3) is 3.66. The summed E-state index contributed by atoms with van der Waals surface area (Å²) >= 11 is 0. The smallest absolute Gasteiger partial charge is 0.160 e. The number of nitrogens with zero attached hydrogens (tertiary/aromatic N) is 2. The maximum Gasteiger partial charge on any atom is 0.160 e. The number of hydrazine groups is 1. The fraction of sp³-hybridized carbons (Fsp3) is 0.636. The molecule has 5 heteroatoms. The first-order valence-electron chi connectivity index (χ1n) is 5.46. The van der Waals surface area contributed by atoms with Crippen LogP contribution in [0, 0.1) is 11.3 Å². The van der Waals surface area contributed by atoms with E-state index in [9.17, 15) is 0 Å². The first-order chi connectivity index (χ1) is 7.43. The highest BCUT2D eigenvalue weighted by molar-refractivity contribution is 5.40. The fourth-order valence-corrected chi connectivity index (χ4v) is 1.08. The molecule has 0 spiro atoms. The number of nitrogens with one attached hydrogen (secondary N) is 2. The van der Waals surface area contributed by atoms with Crippen LogP contribution in [0.15, 0.2) is 12.4 Å². The molecule has 0 amide bonds. The van der Waals surface area contributed by atoms with Crippen molar-refractivity contribution in [1.29, 1.82) is 0 Å². The van der Waals surface area contributed by atoms with Gasteiger partial charge in [0.1, 0.15) is 5.82 Å². The van der Waals surface area contributed by atoms with Crippen molar-refractivity contribution in [2.24, 2.45) is 17.2 Å². The van der Waals surface area contributed by atoms with Gasteiger partial charge in [-0.05, 0) is 11.3 Å². The molecule has 0 bridgehead atoms. The predicted octanol–water partition coefficient (Wildman–Crippen LogP) is 1.86. The second-order valence-electron chi connectivity index (χ2n) is 5.08. The predicted molar refractivity (Wildman–Crippen MR) is 67.0 cm³/mol. The summed E-state index contributed by atoms with van der Waals surface area (Å²) in [5.41, 5.74) is 2.75. The van der Waals surface area contributed by atoms with Gasteiger partial charge in [0.15, 0.2) is 5.82 Å². The van der Waals surface area contributed by atoms with Gasteiger partial charge in [0.25, 0.3) is 0 Å². The van der Waals surface area contributed by atoms with E-state index in [-0.39, 0.29) is 5.41 Å². The molecule has 0 fully saturated rings. The minimum absolute atomic E-state index is 0.282. The molecule has 0 aliphatic rings. The van der Waals surface area contributed by atoms with Crippen LogP contribution in [0.3, 0.4) is 0 Å². The quantitative estimate of drug-likeness (QED) is 0.536. The van der Waals surface area contributed by atoms with Crippen molar-refractivity contribution in [3.05, 3.63) is 12.4 Å². The van der Waals surface area contributed by atoms with E-state index >= 15 is 0 Å². The van der Waals surface area contributed by atoms with E-state index in [4.69, 9.17) is 5.84 Å². The van der Waals surface area contributed by atoms with E-state index in [2.05, 4.69) is 48.4 Å². The number of rotatable bonds is 4. The molecule has 16 heavy (non-hydrogen) atoms. The number of aromatic nitrogens is 2. The third-order valence-electron chi connectivity index (χ3n) is 2.85. The first kappa shape index (κ1) is 12.7. The lowest BCUT2D eigenvalue weighted by Crippen LogP contribution is -2.25. The van der Waals surface area contributed by atoms with Crippen LogP contribution in [0.4, 0.5) is 11.6 Å². The number of nitrogen functional groups attached to an aromatic ring is 1. The zero-order chi connectivity index (χ0) is 12.2. The number of hydrogen-bond donors (Lipinski definition) is 3. The summed E-state index contributed by atoms with van der Waals surface area (Å²) in [6, 6.07) is 0. The Bertz CT molecular complexity index is 331. The van der Waals surface area contributed by atoms with Crippen molar-refractivity contribution in [3.8, 4) is 0 Å². The van der Waals surface area contributed by atoms with E-state index in [1.807, 2.05) is 0 Å². The summed E-state index contributed by atoms with van der Waals surface area (Å²) in [4.78, 5) is 8.26. The van der Waals surface area contributed by atoms with E-state index in [0.717, 1.165) is 12.4 Å². The van der Waals surface area contributed by atoms with Gasteiger partial charge in [-0.1, -0.05) is 27.7 Å². The van der Waals surface area contributed by atoms with Crippen molar-refractivity contribution in [3.63, 3.8) is 0 Å². The van der Waals surface area contributed by atoms with Gasteiger partial charge in [-0.15, -0.1) is 0 Å². The molecule has 0 radical (unpaired) electrons. The van der Waals surface area contributed by atoms with Gasteiger partial charge in [0, 0.05) is 6.54 Å². The Morgan fingerprint density at radius 1 is 1.31 bits per heavy atom. The molecule has 0 aliphatic carbocycles. The van der Waals surface area contributed by atoms with Crippen molar-refractivity contribution in [2.45, 2.75) is 27.7 Å². The molecule has 1 aromatic heterocycles. The SMILES string of the molecule is CC(CNc1cncc(NN)n1)C(C)(C)C. The second kappa shape index (κ2) is 5.12. The minimum Gasteiger partial charge on any atom is -0.368 e. The Morgan fingerprint density at radius 2 is 1.94 bits per heavy atom. The molecular weight excluding hydrogens is 202 g/mol. The maximum absolute atomic E-state index is 5.26. The second-order valence-corrected chi connectivity index (χ2v) is 5.08. The van der Waals surface area contributed by atoms with Crippen molar-refractivity contribution < 1.29 is 0 Å². The van der Waals surface area contributed by atoms with Crippen LogP contribution < -0.4 is 16.6 Å². The third-order valence-corrected chi connectivity index (χ3v) is 2.85. The van der Waals surface area contributed by atoms with Crippen molar-refractivity contribution in [2.75, 3.05) is 17.3 Å². The van der Waals surface area contributed by atoms with Gasteiger partial charge in [-0.2, -0.15) is 0 Å². The molecule has 0 saturated carbocycles. The van der Waals surface area contributed by atoms with Gasteiger partial charge >= 0.3 is 0 Å². The van der Waals surface area contributed by atoms with Crippen LogP contribution in [0.1, 0.15) is 27.7 Å². The lowest BCUT2D eigenvalue weighted by molar-refractivity contribution is 0.274. The molecule has 1 unspecified atom stereocenters.